The smallest absolute Gasteiger partial charge is 0.145 e. The molecule has 4 heteroatoms. The minimum absolute atomic E-state index is 0.226. The molecule has 0 bridgehead atoms. The van der Waals surface area contributed by atoms with Crippen molar-refractivity contribution in [3.63, 3.8) is 0 Å². The van der Waals surface area contributed by atoms with E-state index in [0.29, 0.717) is 0 Å². The zero-order valence-corrected chi connectivity index (χ0v) is 30.5. The van der Waals surface area contributed by atoms with Gasteiger partial charge in [0, 0.05) is 27.5 Å². The molecule has 0 amide bonds. The summed E-state index contributed by atoms with van der Waals surface area (Å²) in [5, 5.41) is 9.54. The topological polar surface area (TPSA) is 34.2 Å². The molecule has 1 N–H and O–H groups in total. The van der Waals surface area contributed by atoms with E-state index in [4.69, 9.17) is 4.99 Å². The fourth-order valence-electron chi connectivity index (χ4n) is 8.51. The number of aromatic nitrogens is 2. The van der Waals surface area contributed by atoms with Crippen molar-refractivity contribution in [3.8, 4) is 33.6 Å². The Bertz CT molecular complexity index is 3180. The molecule has 0 radical (unpaired) electrons. The molecule has 2 aromatic heterocycles. The summed E-state index contributed by atoms with van der Waals surface area (Å²) in [7, 11) is 0. The third-order valence-electron chi connectivity index (χ3n) is 11.1. The van der Waals surface area contributed by atoms with E-state index < -0.39 is 0 Å². The molecule has 1 aliphatic rings. The highest BCUT2D eigenvalue weighted by Gasteiger charge is 2.23. The van der Waals surface area contributed by atoms with Gasteiger partial charge in [0.05, 0.1) is 33.0 Å². The molecule has 10 aromatic rings. The van der Waals surface area contributed by atoms with Crippen LogP contribution in [0.15, 0.2) is 211 Å². The summed E-state index contributed by atoms with van der Waals surface area (Å²) < 4.78 is 4.73. The Balaban J connectivity index is 1.06. The van der Waals surface area contributed by atoms with Crippen LogP contribution in [0.3, 0.4) is 0 Å². The van der Waals surface area contributed by atoms with Crippen molar-refractivity contribution in [1.82, 2.24) is 14.5 Å². The van der Waals surface area contributed by atoms with Crippen molar-refractivity contribution in [1.29, 1.82) is 0 Å². The number of nitrogens with one attached hydrogen (secondary N) is 1. The van der Waals surface area contributed by atoms with E-state index in [1.54, 1.807) is 0 Å². The lowest BCUT2D eigenvalue weighted by molar-refractivity contribution is 0.631. The van der Waals surface area contributed by atoms with Crippen LogP contribution in [-0.2, 0) is 0 Å². The van der Waals surface area contributed by atoms with Gasteiger partial charge in [0.15, 0.2) is 0 Å². The Morgan fingerprint density at radius 1 is 0.375 bits per heavy atom. The maximum atomic E-state index is 5.47. The molecule has 264 valence electrons. The van der Waals surface area contributed by atoms with Crippen molar-refractivity contribution in [2.75, 3.05) is 0 Å². The summed E-state index contributed by atoms with van der Waals surface area (Å²) in [6.45, 7) is 0. The highest BCUT2D eigenvalue weighted by atomic mass is 15.1. The van der Waals surface area contributed by atoms with E-state index in [1.165, 1.54) is 44.2 Å². The van der Waals surface area contributed by atoms with Gasteiger partial charge in [-0.25, -0.2) is 0 Å². The molecule has 1 aliphatic heterocycles. The first-order chi connectivity index (χ1) is 27.8. The largest absolute Gasteiger partial charge is 0.358 e. The number of rotatable bonds is 6. The van der Waals surface area contributed by atoms with Crippen molar-refractivity contribution in [2.45, 2.75) is 6.17 Å². The Hall–Kier alpha value is -7.43. The lowest BCUT2D eigenvalue weighted by Crippen LogP contribution is -2.42. The number of hydrogen-bond donors (Lipinski definition) is 1. The van der Waals surface area contributed by atoms with Gasteiger partial charge in [0.25, 0.3) is 0 Å². The monoisotopic (exact) mass is 716 g/mol. The molecule has 3 heterocycles. The molecule has 1 unspecified atom stereocenters. The van der Waals surface area contributed by atoms with Crippen molar-refractivity contribution >= 4 is 38.4 Å². The predicted octanol–water partition coefficient (Wildman–Crippen LogP) is 11.1. The Morgan fingerprint density at radius 3 is 1.50 bits per heavy atom. The number of nitrogens with zero attached hydrogens (tertiary/aromatic N) is 3. The van der Waals surface area contributed by atoms with E-state index >= 15 is 0 Å². The van der Waals surface area contributed by atoms with Crippen LogP contribution >= 0.6 is 0 Å². The molecule has 11 rings (SSSR count). The molecule has 0 spiro atoms. The van der Waals surface area contributed by atoms with E-state index in [-0.39, 0.29) is 6.17 Å². The number of para-hydroxylation sites is 3. The van der Waals surface area contributed by atoms with Crippen LogP contribution in [0.25, 0.3) is 72.0 Å². The number of benzene rings is 8. The second kappa shape index (κ2) is 13.2. The fourth-order valence-corrected chi connectivity index (χ4v) is 8.51. The van der Waals surface area contributed by atoms with Gasteiger partial charge in [-0.2, -0.15) is 0 Å². The summed E-state index contributed by atoms with van der Waals surface area (Å²) in [4.78, 5) is 5.47. The highest BCUT2D eigenvalue weighted by Crippen LogP contribution is 2.36. The third-order valence-corrected chi connectivity index (χ3v) is 11.1. The summed E-state index contributed by atoms with van der Waals surface area (Å²) in [6.07, 6.45) is -0.226. The summed E-state index contributed by atoms with van der Waals surface area (Å²) in [5.41, 5.74) is 13.8. The second-order valence-electron chi connectivity index (χ2n) is 14.4. The van der Waals surface area contributed by atoms with Gasteiger partial charge >= 0.3 is 0 Å². The maximum absolute atomic E-state index is 5.47. The standard InChI is InChI=1S/C52H36N4/c1-5-15-37(16-6-1)49-51-50(54-52(53-49)38-17-7-2-8-18-38)45-34-40(30-32-48(45)56(51)42-21-11-4-12-22-42)36-27-25-35(26-28-36)39-29-31-47-44(33-39)43-23-13-14-24-46(43)55(47)41-19-9-3-10-20-41/h1-34,52-53H. The van der Waals surface area contributed by atoms with Gasteiger partial charge in [0.1, 0.15) is 6.17 Å². The van der Waals surface area contributed by atoms with Gasteiger partial charge in [0.2, 0.25) is 0 Å². The van der Waals surface area contributed by atoms with Crippen LogP contribution in [-0.4, -0.2) is 9.13 Å². The average molecular weight is 717 g/mol. The van der Waals surface area contributed by atoms with Crippen LogP contribution in [0.5, 0.6) is 0 Å². The summed E-state index contributed by atoms with van der Waals surface area (Å²) in [5.74, 6) is 0. The van der Waals surface area contributed by atoms with Gasteiger partial charge in [-0.3, -0.25) is 4.99 Å². The SMILES string of the molecule is c1ccc(C2=c3c(c4cc(-c5ccc(-c6ccc7c(c6)c6ccccc6n7-c6ccccc6)cc5)ccc4n3-c3ccccc3)=NC(c3ccccc3)N2)cc1. The first kappa shape index (κ1) is 32.0. The van der Waals surface area contributed by atoms with Gasteiger partial charge in [-0.05, 0) is 88.0 Å². The van der Waals surface area contributed by atoms with Crippen LogP contribution in [0.2, 0.25) is 0 Å². The van der Waals surface area contributed by atoms with Crippen molar-refractivity contribution < 1.29 is 0 Å². The predicted molar refractivity (Wildman–Crippen MR) is 231 cm³/mol. The van der Waals surface area contributed by atoms with Crippen LogP contribution in [0, 0.1) is 0 Å². The first-order valence-electron chi connectivity index (χ1n) is 19.2. The molecule has 4 nitrogen and oxygen atoms in total. The molecule has 1 atom stereocenters. The minimum Gasteiger partial charge on any atom is -0.358 e. The van der Waals surface area contributed by atoms with E-state index in [1.807, 2.05) is 0 Å². The third kappa shape index (κ3) is 5.26. The van der Waals surface area contributed by atoms with Gasteiger partial charge < -0.3 is 14.5 Å². The second-order valence-corrected chi connectivity index (χ2v) is 14.4. The molecule has 0 fully saturated rings. The van der Waals surface area contributed by atoms with Crippen molar-refractivity contribution in [2.24, 2.45) is 4.99 Å². The van der Waals surface area contributed by atoms with Gasteiger partial charge in [-0.1, -0.05) is 152 Å². The molecule has 0 saturated heterocycles. The van der Waals surface area contributed by atoms with Crippen LogP contribution in [0.1, 0.15) is 17.3 Å². The quantitative estimate of drug-likeness (QED) is 0.183. The lowest BCUT2D eigenvalue weighted by Gasteiger charge is -2.23. The average Bonchev–Trinajstić information content (AvgIpc) is 3.79. The van der Waals surface area contributed by atoms with Crippen LogP contribution in [0.4, 0.5) is 0 Å². The number of hydrogen-bond acceptors (Lipinski definition) is 2. The fraction of sp³-hybridized carbons (Fsp3) is 0.0192. The molecule has 0 aliphatic carbocycles. The zero-order valence-electron chi connectivity index (χ0n) is 30.5. The van der Waals surface area contributed by atoms with Crippen LogP contribution < -0.4 is 16.0 Å². The van der Waals surface area contributed by atoms with E-state index in [2.05, 4.69) is 221 Å². The first-order valence-corrected chi connectivity index (χ1v) is 19.2. The zero-order chi connectivity index (χ0) is 37.0. The lowest BCUT2D eigenvalue weighted by atomic mass is 9.98. The minimum atomic E-state index is -0.226. The molecule has 0 saturated carbocycles. The van der Waals surface area contributed by atoms with Gasteiger partial charge in [-0.15, -0.1) is 0 Å². The molecule has 8 aromatic carbocycles. The molecular formula is C52H36N4. The molecule has 56 heavy (non-hydrogen) atoms. The Morgan fingerprint density at radius 2 is 0.857 bits per heavy atom. The Labute approximate surface area is 324 Å². The normalized spacial score (nSPS) is 13.8. The number of fused-ring (bicyclic) bond motifs is 6. The van der Waals surface area contributed by atoms with E-state index in [0.717, 1.165) is 49.7 Å². The summed E-state index contributed by atoms with van der Waals surface area (Å²) in [6, 6.07) is 73.8. The molecular weight excluding hydrogens is 681 g/mol. The summed E-state index contributed by atoms with van der Waals surface area (Å²) >= 11 is 0. The van der Waals surface area contributed by atoms with Crippen molar-refractivity contribution in [3.05, 3.63) is 228 Å². The maximum Gasteiger partial charge on any atom is 0.145 e. The Kier molecular flexibility index (Phi) is 7.52. The van der Waals surface area contributed by atoms with E-state index in [9.17, 15) is 0 Å². The highest BCUT2D eigenvalue weighted by molar-refractivity contribution is 6.10.